The summed E-state index contributed by atoms with van der Waals surface area (Å²) in [4.78, 5) is 62.7. The lowest BCUT2D eigenvalue weighted by Gasteiger charge is -2.35. The number of rotatable bonds is 11. The molecule has 4 aliphatic rings. The number of hydrogen-bond acceptors (Lipinski definition) is 11. The van der Waals surface area contributed by atoms with Crippen LogP contribution in [0, 0.1) is 17.8 Å². The Labute approximate surface area is 349 Å². The minimum atomic E-state index is -4.07. The minimum absolute atomic E-state index is 0.0109. The molecule has 0 spiro atoms. The summed E-state index contributed by atoms with van der Waals surface area (Å²) in [5.41, 5.74) is -3.85. The lowest BCUT2D eigenvalue weighted by molar-refractivity contribution is -0.152. The quantitative estimate of drug-likeness (QED) is 0.245. The van der Waals surface area contributed by atoms with E-state index in [9.17, 15) is 36.4 Å². The van der Waals surface area contributed by atoms with Gasteiger partial charge in [-0.25, -0.2) is 22.0 Å². The Morgan fingerprint density at radius 2 is 1.82 bits per heavy atom. The molecular weight excluding hydrogens is 805 g/mol. The largest absolute Gasteiger partial charge is 0.497 e. The number of allylic oxidation sites excluding steroid dienone is 1. The van der Waals surface area contributed by atoms with Crippen molar-refractivity contribution >= 4 is 44.6 Å². The van der Waals surface area contributed by atoms with E-state index < -0.39 is 85.7 Å². The van der Waals surface area contributed by atoms with Gasteiger partial charge < -0.3 is 34.5 Å². The van der Waals surface area contributed by atoms with Crippen molar-refractivity contribution in [2.24, 2.45) is 17.8 Å². The molecule has 0 bridgehead atoms. The van der Waals surface area contributed by atoms with Crippen LogP contribution in [0.25, 0.3) is 10.8 Å². The number of carbonyl (C=O) groups excluding carboxylic acids is 4. The van der Waals surface area contributed by atoms with Gasteiger partial charge in [-0.1, -0.05) is 26.0 Å². The predicted octanol–water partition coefficient (Wildman–Crippen LogP) is 5.40. The van der Waals surface area contributed by atoms with Gasteiger partial charge in [-0.3, -0.25) is 19.1 Å². The number of benzene rings is 1. The maximum atomic E-state index is 14.9. The SMILES string of the molecule is CCOc1cc2cc(OC)ccc2c(O[C@@H]2C[C@H]3C(=O)N[C@]4(C(=O)NS(=O)(=O)C5(C)CC5)CC4/C=C\CC[C@@H](C)C[C@@H](C)[C@H](NC(=O)OC(C)(C)C(C)(F)F)C(=O)N3C2)n1. The highest BCUT2D eigenvalue weighted by Gasteiger charge is 2.63. The highest BCUT2D eigenvalue weighted by Crippen LogP contribution is 2.48. The van der Waals surface area contributed by atoms with E-state index in [1.165, 1.54) is 12.0 Å². The second-order valence-electron chi connectivity index (χ2n) is 17.7. The van der Waals surface area contributed by atoms with Crippen LogP contribution < -0.4 is 29.6 Å². The molecule has 1 unspecified atom stereocenters. The van der Waals surface area contributed by atoms with Gasteiger partial charge in [0.05, 0.1) is 25.0 Å². The molecule has 2 aromatic rings. The van der Waals surface area contributed by atoms with Crippen molar-refractivity contribution < 1.29 is 55.3 Å². The molecule has 1 aromatic heterocycles. The van der Waals surface area contributed by atoms with Gasteiger partial charge in [0.1, 0.15) is 29.5 Å². The third-order valence-corrected chi connectivity index (χ3v) is 14.6. The lowest BCUT2D eigenvalue weighted by Crippen LogP contribution is -2.59. The molecule has 15 nitrogen and oxygen atoms in total. The summed E-state index contributed by atoms with van der Waals surface area (Å²) in [6.07, 6.45) is 4.07. The second-order valence-corrected chi connectivity index (χ2v) is 19.9. The van der Waals surface area contributed by atoms with Gasteiger partial charge >= 0.3 is 6.09 Å². The Balaban J connectivity index is 1.37. The van der Waals surface area contributed by atoms with Crippen molar-refractivity contribution in [2.45, 2.75) is 133 Å². The number of alkyl carbamates (subject to hydrolysis) is 1. The summed E-state index contributed by atoms with van der Waals surface area (Å²) < 4.78 is 79.3. The van der Waals surface area contributed by atoms with Crippen LogP contribution in [-0.4, -0.2) is 102 Å². The molecule has 4 amide bonds. The van der Waals surface area contributed by atoms with Gasteiger partial charge in [-0.05, 0) is 102 Å². The van der Waals surface area contributed by atoms with Crippen molar-refractivity contribution in [1.82, 2.24) is 25.2 Å². The van der Waals surface area contributed by atoms with E-state index >= 15 is 0 Å². The van der Waals surface area contributed by atoms with Gasteiger partial charge in [0, 0.05) is 30.7 Å². The number of pyridine rings is 1. The van der Waals surface area contributed by atoms with E-state index in [1.807, 2.05) is 19.1 Å². The number of aromatic nitrogens is 1. The summed E-state index contributed by atoms with van der Waals surface area (Å²) in [6, 6.07) is 4.38. The number of ether oxygens (including phenoxy) is 4. The first-order chi connectivity index (χ1) is 28.0. The number of alkyl halides is 2. The van der Waals surface area contributed by atoms with Gasteiger partial charge in [0.25, 0.3) is 11.8 Å². The molecule has 6 rings (SSSR count). The Morgan fingerprint density at radius 1 is 1.10 bits per heavy atom. The zero-order chi connectivity index (χ0) is 44.0. The molecule has 0 radical (unpaired) electrons. The number of sulfonamides is 1. The smallest absolute Gasteiger partial charge is 0.408 e. The van der Waals surface area contributed by atoms with E-state index in [-0.39, 0.29) is 37.1 Å². The fraction of sp³-hybridized carbons (Fsp3) is 0.643. The Morgan fingerprint density at radius 3 is 2.47 bits per heavy atom. The van der Waals surface area contributed by atoms with E-state index in [0.717, 1.165) is 13.8 Å². The minimum Gasteiger partial charge on any atom is -0.497 e. The van der Waals surface area contributed by atoms with Crippen molar-refractivity contribution in [3.05, 3.63) is 36.4 Å². The van der Waals surface area contributed by atoms with Crippen LogP contribution in [-0.2, 0) is 29.1 Å². The normalized spacial score (nSPS) is 28.8. The monoisotopic (exact) mass is 861 g/mol. The third-order valence-electron chi connectivity index (χ3n) is 12.5. The Bertz CT molecular complexity index is 2140. The molecule has 18 heteroatoms. The zero-order valence-corrected chi connectivity index (χ0v) is 36.2. The van der Waals surface area contributed by atoms with E-state index in [0.29, 0.717) is 62.2 Å². The third kappa shape index (κ3) is 9.27. The van der Waals surface area contributed by atoms with Gasteiger partial charge in [0.15, 0.2) is 5.60 Å². The van der Waals surface area contributed by atoms with Crippen molar-refractivity contribution in [3.8, 4) is 17.5 Å². The topological polar surface area (TPSA) is 192 Å². The molecule has 60 heavy (non-hydrogen) atoms. The standard InChI is InChI=1S/C42H57F2N5O10S/c1-9-57-32-20-26-19-28(56-8)14-15-30(26)35(45-32)58-29-21-31-34(50)47-42(37(52)48-60(54,55)40(6)16-17-40)22-27(42)13-11-10-12-24(2)18-25(3)33(36(51)49(31)23-29)46-38(53)59-39(4,5)41(7,43)44/h11,13-15,19-20,24-25,27,29,31,33H,9-10,12,16-18,21-23H2,1-8H3,(H,46,53)(H,47,50)(H,48,52)/b13-11-/t24-,25-,27?,29-,31+,33+,42-/m1/s1. The van der Waals surface area contributed by atoms with Crippen molar-refractivity contribution in [3.63, 3.8) is 0 Å². The molecule has 330 valence electrons. The number of hydrogen-bond donors (Lipinski definition) is 3. The van der Waals surface area contributed by atoms with E-state index in [4.69, 9.17) is 18.9 Å². The molecule has 3 heterocycles. The molecule has 2 aliphatic heterocycles. The first-order valence-corrected chi connectivity index (χ1v) is 22.0. The maximum absolute atomic E-state index is 14.9. The molecule has 3 fully saturated rings. The van der Waals surface area contributed by atoms with Gasteiger partial charge in [0.2, 0.25) is 33.6 Å². The lowest BCUT2D eigenvalue weighted by atomic mass is 9.88. The number of methoxy groups -OCH3 is 1. The molecule has 3 N–H and O–H groups in total. The molecule has 1 aromatic carbocycles. The summed E-state index contributed by atoms with van der Waals surface area (Å²) in [5.74, 6) is -5.83. The number of amides is 4. The number of halogens is 2. The number of fused-ring (bicyclic) bond motifs is 3. The van der Waals surface area contributed by atoms with Crippen LogP contribution in [0.4, 0.5) is 13.6 Å². The fourth-order valence-electron chi connectivity index (χ4n) is 7.85. The number of nitrogens with one attached hydrogen (secondary N) is 3. The second kappa shape index (κ2) is 16.6. The van der Waals surface area contributed by atoms with Crippen LogP contribution in [0.15, 0.2) is 36.4 Å². The summed E-state index contributed by atoms with van der Waals surface area (Å²) >= 11 is 0. The summed E-state index contributed by atoms with van der Waals surface area (Å²) in [7, 11) is -2.53. The average molecular weight is 862 g/mol. The molecule has 2 saturated carbocycles. The number of carbonyl (C=O) groups is 4. The maximum Gasteiger partial charge on any atom is 0.408 e. The zero-order valence-electron chi connectivity index (χ0n) is 35.4. The predicted molar refractivity (Wildman–Crippen MR) is 217 cm³/mol. The Hall–Kier alpha value is -4.74. The molecule has 1 saturated heterocycles. The summed E-state index contributed by atoms with van der Waals surface area (Å²) in [5, 5.41) is 6.67. The van der Waals surface area contributed by atoms with Crippen molar-refractivity contribution in [2.75, 3.05) is 20.3 Å². The van der Waals surface area contributed by atoms with Gasteiger partial charge in [-0.2, -0.15) is 4.98 Å². The van der Waals surface area contributed by atoms with Crippen LogP contribution in [0.1, 0.15) is 93.4 Å². The highest BCUT2D eigenvalue weighted by atomic mass is 32.2. The molecule has 7 atom stereocenters. The number of nitrogens with zero attached hydrogens (tertiary/aromatic N) is 2. The van der Waals surface area contributed by atoms with Gasteiger partial charge in [-0.15, -0.1) is 0 Å². The molecular formula is C42H57F2N5O10S. The fourth-order valence-corrected chi connectivity index (χ4v) is 9.16. The van der Waals surface area contributed by atoms with E-state index in [1.54, 1.807) is 45.0 Å². The van der Waals surface area contributed by atoms with Crippen molar-refractivity contribution in [1.29, 1.82) is 0 Å². The van der Waals surface area contributed by atoms with Crippen LogP contribution in [0.5, 0.6) is 17.5 Å². The van der Waals surface area contributed by atoms with Crippen LogP contribution >= 0.6 is 0 Å². The average Bonchev–Trinajstić information content (AvgIpc) is 4.04. The van der Waals surface area contributed by atoms with E-state index in [2.05, 4.69) is 20.3 Å². The highest BCUT2D eigenvalue weighted by molar-refractivity contribution is 7.91. The van der Waals surface area contributed by atoms with Crippen LogP contribution in [0.2, 0.25) is 0 Å². The summed E-state index contributed by atoms with van der Waals surface area (Å²) in [6.45, 7) is 9.97. The first-order valence-electron chi connectivity index (χ1n) is 20.5. The van der Waals surface area contributed by atoms with Crippen LogP contribution in [0.3, 0.4) is 0 Å². The Kier molecular flexibility index (Phi) is 12.4. The molecule has 2 aliphatic carbocycles. The first kappa shape index (κ1) is 44.8.